The standard InChI is InChI=1S/C16H12FNO2/c17-14-3-1-2-12-8-9-18(15(12)14)10-11-4-6-13(7-5-11)16(19)20/h1-9H,10H2,(H,19,20). The number of hydrogen-bond acceptors (Lipinski definition) is 1. The molecule has 0 saturated carbocycles. The Bertz CT molecular complexity index is 775. The van der Waals surface area contributed by atoms with Crippen LogP contribution in [0.3, 0.4) is 0 Å². The van der Waals surface area contributed by atoms with Crippen LogP contribution in [0.5, 0.6) is 0 Å². The van der Waals surface area contributed by atoms with Gasteiger partial charge in [-0.25, -0.2) is 9.18 Å². The van der Waals surface area contributed by atoms with Gasteiger partial charge < -0.3 is 9.67 Å². The minimum atomic E-state index is -0.950. The highest BCUT2D eigenvalue weighted by Crippen LogP contribution is 2.20. The summed E-state index contributed by atoms with van der Waals surface area (Å²) in [5.74, 6) is -1.20. The quantitative estimate of drug-likeness (QED) is 0.790. The summed E-state index contributed by atoms with van der Waals surface area (Å²) in [6.45, 7) is 0.504. The van der Waals surface area contributed by atoms with Crippen molar-refractivity contribution in [2.24, 2.45) is 0 Å². The number of para-hydroxylation sites is 1. The van der Waals surface area contributed by atoms with Gasteiger partial charge in [0.25, 0.3) is 0 Å². The molecule has 1 heterocycles. The van der Waals surface area contributed by atoms with Crippen molar-refractivity contribution in [2.45, 2.75) is 6.54 Å². The Morgan fingerprint density at radius 2 is 1.85 bits per heavy atom. The SMILES string of the molecule is O=C(O)c1ccc(Cn2ccc3cccc(F)c32)cc1. The van der Waals surface area contributed by atoms with E-state index in [-0.39, 0.29) is 11.4 Å². The van der Waals surface area contributed by atoms with Crippen LogP contribution in [-0.4, -0.2) is 15.6 Å². The lowest BCUT2D eigenvalue weighted by Crippen LogP contribution is -2.01. The molecule has 1 N–H and O–H groups in total. The zero-order valence-corrected chi connectivity index (χ0v) is 10.6. The normalized spacial score (nSPS) is 10.8. The van der Waals surface area contributed by atoms with Crippen LogP contribution in [-0.2, 0) is 6.54 Å². The first-order chi connectivity index (χ1) is 9.65. The smallest absolute Gasteiger partial charge is 0.335 e. The number of carboxylic acids is 1. The molecule has 100 valence electrons. The molecule has 4 heteroatoms. The monoisotopic (exact) mass is 269 g/mol. The number of fused-ring (bicyclic) bond motifs is 1. The molecule has 1 aromatic heterocycles. The van der Waals surface area contributed by atoms with Crippen molar-refractivity contribution in [2.75, 3.05) is 0 Å². The van der Waals surface area contributed by atoms with Crippen LogP contribution in [0.4, 0.5) is 4.39 Å². The van der Waals surface area contributed by atoms with Gasteiger partial charge in [0, 0.05) is 18.1 Å². The molecule has 0 atom stereocenters. The number of hydrogen-bond donors (Lipinski definition) is 1. The number of nitrogens with zero attached hydrogens (tertiary/aromatic N) is 1. The molecular formula is C16H12FNO2. The maximum absolute atomic E-state index is 13.9. The van der Waals surface area contributed by atoms with E-state index in [4.69, 9.17) is 5.11 Å². The Morgan fingerprint density at radius 3 is 2.55 bits per heavy atom. The largest absolute Gasteiger partial charge is 0.478 e. The second-order valence-corrected chi connectivity index (χ2v) is 4.62. The summed E-state index contributed by atoms with van der Waals surface area (Å²) in [4.78, 5) is 10.8. The molecule has 0 fully saturated rings. The third-order valence-corrected chi connectivity index (χ3v) is 3.29. The predicted octanol–water partition coefficient (Wildman–Crippen LogP) is 3.53. The highest BCUT2D eigenvalue weighted by molar-refractivity contribution is 5.87. The van der Waals surface area contributed by atoms with Crippen molar-refractivity contribution >= 4 is 16.9 Å². The summed E-state index contributed by atoms with van der Waals surface area (Å²) >= 11 is 0. The Balaban J connectivity index is 1.95. The van der Waals surface area contributed by atoms with Gasteiger partial charge in [-0.2, -0.15) is 0 Å². The summed E-state index contributed by atoms with van der Waals surface area (Å²) < 4.78 is 15.7. The average molecular weight is 269 g/mol. The van der Waals surface area contributed by atoms with Gasteiger partial charge in [-0.15, -0.1) is 0 Å². The fourth-order valence-corrected chi connectivity index (χ4v) is 2.30. The van der Waals surface area contributed by atoms with Crippen molar-refractivity contribution in [1.29, 1.82) is 0 Å². The first-order valence-electron chi connectivity index (χ1n) is 6.21. The number of aromatic carboxylic acids is 1. The summed E-state index contributed by atoms with van der Waals surface area (Å²) in [5, 5.41) is 9.71. The molecule has 2 aromatic carbocycles. The Kier molecular flexibility index (Phi) is 2.99. The molecule has 0 spiro atoms. The van der Waals surface area contributed by atoms with Crippen LogP contribution in [0, 0.1) is 5.82 Å². The molecule has 0 radical (unpaired) electrons. The molecule has 0 aliphatic carbocycles. The molecule has 0 aliphatic heterocycles. The second kappa shape index (κ2) is 4.81. The van der Waals surface area contributed by atoms with Gasteiger partial charge in [-0.05, 0) is 29.8 Å². The molecular weight excluding hydrogens is 257 g/mol. The van der Waals surface area contributed by atoms with Crippen molar-refractivity contribution in [3.63, 3.8) is 0 Å². The van der Waals surface area contributed by atoms with Crippen LogP contribution in [0.1, 0.15) is 15.9 Å². The number of halogens is 1. The van der Waals surface area contributed by atoms with E-state index < -0.39 is 5.97 Å². The minimum absolute atomic E-state index is 0.247. The zero-order valence-electron chi connectivity index (χ0n) is 10.6. The lowest BCUT2D eigenvalue weighted by Gasteiger charge is -2.07. The summed E-state index contributed by atoms with van der Waals surface area (Å²) in [6.07, 6.45) is 1.83. The lowest BCUT2D eigenvalue weighted by molar-refractivity contribution is 0.0697. The van der Waals surface area contributed by atoms with Gasteiger partial charge in [-0.1, -0.05) is 24.3 Å². The van der Waals surface area contributed by atoms with Gasteiger partial charge >= 0.3 is 5.97 Å². The predicted molar refractivity (Wildman–Crippen MR) is 74.4 cm³/mol. The number of aromatic nitrogens is 1. The van der Waals surface area contributed by atoms with E-state index in [0.717, 1.165) is 10.9 Å². The maximum atomic E-state index is 13.9. The van der Waals surface area contributed by atoms with E-state index in [1.54, 1.807) is 30.3 Å². The van der Waals surface area contributed by atoms with E-state index in [9.17, 15) is 9.18 Å². The third kappa shape index (κ3) is 2.16. The van der Waals surface area contributed by atoms with E-state index >= 15 is 0 Å². The highest BCUT2D eigenvalue weighted by atomic mass is 19.1. The number of rotatable bonds is 3. The van der Waals surface area contributed by atoms with Crippen LogP contribution < -0.4 is 0 Å². The number of carboxylic acid groups (broad SMARTS) is 1. The minimum Gasteiger partial charge on any atom is -0.478 e. The Morgan fingerprint density at radius 1 is 1.10 bits per heavy atom. The van der Waals surface area contributed by atoms with E-state index in [1.165, 1.54) is 6.07 Å². The summed E-state index contributed by atoms with van der Waals surface area (Å²) in [6, 6.07) is 13.5. The van der Waals surface area contributed by atoms with Gasteiger partial charge in [0.1, 0.15) is 5.82 Å². The molecule has 0 bridgehead atoms. The molecule has 3 aromatic rings. The fourth-order valence-electron chi connectivity index (χ4n) is 2.30. The number of benzene rings is 2. The Hall–Kier alpha value is -2.62. The van der Waals surface area contributed by atoms with E-state index in [2.05, 4.69) is 0 Å². The van der Waals surface area contributed by atoms with Crippen molar-refractivity contribution in [1.82, 2.24) is 4.57 Å². The zero-order chi connectivity index (χ0) is 14.1. The van der Waals surface area contributed by atoms with Crippen LogP contribution in [0.25, 0.3) is 10.9 Å². The molecule has 0 saturated heterocycles. The van der Waals surface area contributed by atoms with Gasteiger partial charge in [0.05, 0.1) is 11.1 Å². The first-order valence-corrected chi connectivity index (χ1v) is 6.21. The molecule has 3 nitrogen and oxygen atoms in total. The van der Waals surface area contributed by atoms with Gasteiger partial charge in [0.2, 0.25) is 0 Å². The number of carbonyl (C=O) groups is 1. The van der Waals surface area contributed by atoms with Crippen LogP contribution >= 0.6 is 0 Å². The van der Waals surface area contributed by atoms with Crippen molar-refractivity contribution in [3.05, 3.63) is 71.7 Å². The first kappa shape index (κ1) is 12.4. The van der Waals surface area contributed by atoms with Crippen molar-refractivity contribution < 1.29 is 14.3 Å². The molecule has 20 heavy (non-hydrogen) atoms. The van der Waals surface area contributed by atoms with Crippen LogP contribution in [0.2, 0.25) is 0 Å². The highest BCUT2D eigenvalue weighted by Gasteiger charge is 2.07. The van der Waals surface area contributed by atoms with Crippen LogP contribution in [0.15, 0.2) is 54.7 Å². The van der Waals surface area contributed by atoms with E-state index in [0.29, 0.717) is 12.1 Å². The molecule has 3 rings (SSSR count). The maximum Gasteiger partial charge on any atom is 0.335 e. The fraction of sp³-hybridized carbons (Fsp3) is 0.0625. The lowest BCUT2D eigenvalue weighted by atomic mass is 10.1. The average Bonchev–Trinajstić information content (AvgIpc) is 2.84. The second-order valence-electron chi connectivity index (χ2n) is 4.62. The summed E-state index contributed by atoms with van der Waals surface area (Å²) in [5.41, 5.74) is 1.74. The topological polar surface area (TPSA) is 42.2 Å². The van der Waals surface area contributed by atoms with E-state index in [1.807, 2.05) is 22.9 Å². The Labute approximate surface area is 114 Å². The van der Waals surface area contributed by atoms with Crippen molar-refractivity contribution in [3.8, 4) is 0 Å². The molecule has 0 amide bonds. The third-order valence-electron chi connectivity index (χ3n) is 3.29. The molecule has 0 unspecified atom stereocenters. The molecule has 0 aliphatic rings. The van der Waals surface area contributed by atoms with Gasteiger partial charge in [-0.3, -0.25) is 0 Å². The van der Waals surface area contributed by atoms with Gasteiger partial charge in [0.15, 0.2) is 0 Å². The summed E-state index contributed by atoms with van der Waals surface area (Å²) in [7, 11) is 0.